The normalized spacial score (nSPS) is 13.1. The zero-order chi connectivity index (χ0) is 20.1. The number of carbonyl (C=O) groups is 1. The number of nitrogens with zero attached hydrogens (tertiary/aromatic N) is 2. The molecule has 1 saturated carbocycles. The molecule has 0 aromatic carbocycles. The molecule has 3 rings (SSSR count). The number of carbonyl (C=O) groups excluding carboxylic acids is 1. The van der Waals surface area contributed by atoms with Crippen LogP contribution in [0.25, 0.3) is 11.5 Å². The number of hydrogen-bond donors (Lipinski definition) is 2. The van der Waals surface area contributed by atoms with Gasteiger partial charge in [0.1, 0.15) is 11.4 Å². The average Bonchev–Trinajstić information content (AvgIpc) is 3.05. The second-order valence-corrected chi connectivity index (χ2v) is 6.54. The summed E-state index contributed by atoms with van der Waals surface area (Å²) >= 11 is 0. The number of aliphatic hydroxyl groups is 1. The Kier molecular flexibility index (Phi) is 10.8. The number of aromatic hydroxyl groups is 1. The Labute approximate surface area is 160 Å². The van der Waals surface area contributed by atoms with Crippen LogP contribution in [0.1, 0.15) is 63.6 Å². The van der Waals surface area contributed by atoms with Gasteiger partial charge in [0.2, 0.25) is 0 Å². The molecule has 0 bridgehead atoms. The lowest BCUT2D eigenvalue weighted by molar-refractivity contribution is -0.131. The van der Waals surface area contributed by atoms with Crippen molar-refractivity contribution in [2.75, 3.05) is 0 Å². The molecule has 2 heterocycles. The fraction of sp³-hybridized carbons (Fsp3) is 0.550. The largest absolute Gasteiger partial charge is 0.506 e. The fourth-order valence-electron chi connectivity index (χ4n) is 2.47. The first-order valence-electron chi connectivity index (χ1n) is 9.30. The predicted octanol–water partition coefficient (Wildman–Crippen LogP) is 4.15. The molecule has 2 N–H and O–H groups in total. The van der Waals surface area contributed by atoms with Gasteiger partial charge in [-0.05, 0) is 32.9 Å². The highest BCUT2D eigenvalue weighted by atomic mass is 16.5. The molecular weight excluding hydrogens is 348 g/mol. The Morgan fingerprint density at radius 3 is 2.15 bits per heavy atom. The molecule has 0 radical (unpaired) electrons. The first kappa shape index (κ1) is 22.6. The van der Waals surface area contributed by atoms with E-state index in [-0.39, 0.29) is 18.5 Å². The SMILES string of the molecule is C1CCCCC1.CC(C)OC=O.Cc1noc(-c2ccc(O)cn2)c1CO. The molecule has 0 unspecified atom stereocenters. The number of aryl methyl sites for hydroxylation is 1. The second kappa shape index (κ2) is 12.9. The van der Waals surface area contributed by atoms with E-state index in [1.165, 1.54) is 50.8 Å². The van der Waals surface area contributed by atoms with Crippen LogP contribution in [0, 0.1) is 6.92 Å². The topological polar surface area (TPSA) is 106 Å². The first-order chi connectivity index (χ1) is 13.0. The summed E-state index contributed by atoms with van der Waals surface area (Å²) in [5, 5.41) is 22.0. The van der Waals surface area contributed by atoms with E-state index in [9.17, 15) is 4.79 Å². The van der Waals surface area contributed by atoms with E-state index < -0.39 is 0 Å². The van der Waals surface area contributed by atoms with Crippen LogP contribution < -0.4 is 0 Å². The van der Waals surface area contributed by atoms with Gasteiger partial charge >= 0.3 is 0 Å². The molecule has 2 aromatic heterocycles. The number of pyridine rings is 1. The van der Waals surface area contributed by atoms with Crippen molar-refractivity contribution in [1.29, 1.82) is 0 Å². The van der Waals surface area contributed by atoms with Gasteiger partial charge in [-0.3, -0.25) is 4.79 Å². The van der Waals surface area contributed by atoms with Crippen molar-refractivity contribution < 1.29 is 24.3 Å². The third kappa shape index (κ3) is 8.68. The van der Waals surface area contributed by atoms with E-state index in [0.717, 1.165) is 0 Å². The molecule has 0 atom stereocenters. The van der Waals surface area contributed by atoms with Crippen LogP contribution in [0.2, 0.25) is 0 Å². The zero-order valence-corrected chi connectivity index (χ0v) is 16.4. The van der Waals surface area contributed by atoms with Gasteiger partial charge in [-0.15, -0.1) is 0 Å². The highest BCUT2D eigenvalue weighted by Crippen LogP contribution is 2.25. The molecule has 0 aliphatic heterocycles. The van der Waals surface area contributed by atoms with Crippen LogP contribution in [0.3, 0.4) is 0 Å². The van der Waals surface area contributed by atoms with Crippen molar-refractivity contribution in [3.05, 3.63) is 29.6 Å². The van der Waals surface area contributed by atoms with Gasteiger partial charge in [-0.1, -0.05) is 43.7 Å². The molecule has 7 heteroatoms. The van der Waals surface area contributed by atoms with Crippen molar-refractivity contribution in [3.63, 3.8) is 0 Å². The number of ether oxygens (including phenoxy) is 1. The molecular formula is C20H30N2O5. The van der Waals surface area contributed by atoms with Crippen LogP contribution in [0.4, 0.5) is 0 Å². The van der Waals surface area contributed by atoms with Gasteiger partial charge in [0.25, 0.3) is 6.47 Å². The van der Waals surface area contributed by atoms with Crippen molar-refractivity contribution in [1.82, 2.24) is 10.1 Å². The summed E-state index contributed by atoms with van der Waals surface area (Å²) in [5.41, 5.74) is 1.80. The van der Waals surface area contributed by atoms with E-state index in [4.69, 9.17) is 14.7 Å². The summed E-state index contributed by atoms with van der Waals surface area (Å²) in [6.07, 6.45) is 10.3. The van der Waals surface area contributed by atoms with Crippen LogP contribution in [0.15, 0.2) is 22.9 Å². The maximum atomic E-state index is 9.39. The van der Waals surface area contributed by atoms with Crippen LogP contribution in [-0.4, -0.2) is 32.9 Å². The first-order valence-corrected chi connectivity index (χ1v) is 9.30. The van der Waals surface area contributed by atoms with Gasteiger partial charge in [0, 0.05) is 5.56 Å². The average molecular weight is 378 g/mol. The lowest BCUT2D eigenvalue weighted by Gasteiger charge is -2.05. The maximum absolute atomic E-state index is 9.39. The number of hydrogen-bond acceptors (Lipinski definition) is 7. The number of aromatic nitrogens is 2. The van der Waals surface area contributed by atoms with Crippen molar-refractivity contribution in [2.24, 2.45) is 0 Å². The molecule has 27 heavy (non-hydrogen) atoms. The van der Waals surface area contributed by atoms with E-state index in [1.54, 1.807) is 26.8 Å². The maximum Gasteiger partial charge on any atom is 0.293 e. The fourth-order valence-corrected chi connectivity index (χ4v) is 2.47. The molecule has 0 saturated heterocycles. The minimum atomic E-state index is -0.146. The molecule has 7 nitrogen and oxygen atoms in total. The van der Waals surface area contributed by atoms with Gasteiger partial charge in [-0.25, -0.2) is 4.98 Å². The van der Waals surface area contributed by atoms with Gasteiger partial charge in [-0.2, -0.15) is 0 Å². The summed E-state index contributed by atoms with van der Waals surface area (Å²) in [5.74, 6) is 0.524. The Morgan fingerprint density at radius 2 is 1.78 bits per heavy atom. The molecule has 150 valence electrons. The second-order valence-electron chi connectivity index (χ2n) is 6.54. The molecule has 0 spiro atoms. The standard InChI is InChI=1S/C10H10N2O3.C6H12.C4H8O2/c1-6-8(5-13)10(15-12-6)9-3-2-7(14)4-11-9;1-2-4-6-5-3-1;1-4(2)6-3-5/h2-4,13-14H,5H2,1H3;1-6H2;3-4H,1-2H3. The molecule has 0 amide bonds. The summed E-state index contributed by atoms with van der Waals surface area (Å²) < 4.78 is 9.42. The molecule has 1 fully saturated rings. The summed E-state index contributed by atoms with van der Waals surface area (Å²) in [6, 6.07) is 3.11. The Hall–Kier alpha value is -2.41. The van der Waals surface area contributed by atoms with E-state index in [2.05, 4.69) is 14.9 Å². The highest BCUT2D eigenvalue weighted by Gasteiger charge is 2.14. The molecule has 1 aliphatic rings. The smallest absolute Gasteiger partial charge is 0.293 e. The zero-order valence-electron chi connectivity index (χ0n) is 16.4. The summed E-state index contributed by atoms with van der Waals surface area (Å²) in [6.45, 7) is 5.65. The quantitative estimate of drug-likeness (QED) is 0.770. The third-order valence-electron chi connectivity index (χ3n) is 3.95. The van der Waals surface area contributed by atoms with Crippen molar-refractivity contribution >= 4 is 6.47 Å². The van der Waals surface area contributed by atoms with Crippen LogP contribution in [0.5, 0.6) is 5.75 Å². The minimum absolute atomic E-state index is 0.0301. The highest BCUT2D eigenvalue weighted by molar-refractivity contribution is 5.57. The predicted molar refractivity (Wildman–Crippen MR) is 102 cm³/mol. The van der Waals surface area contributed by atoms with E-state index >= 15 is 0 Å². The summed E-state index contributed by atoms with van der Waals surface area (Å²) in [7, 11) is 0. The Morgan fingerprint density at radius 1 is 1.19 bits per heavy atom. The monoisotopic (exact) mass is 378 g/mol. The van der Waals surface area contributed by atoms with Gasteiger partial charge < -0.3 is 19.5 Å². The van der Waals surface area contributed by atoms with Crippen molar-refractivity contribution in [2.45, 2.75) is 72.0 Å². The number of rotatable bonds is 4. The Balaban J connectivity index is 0.000000251. The number of aliphatic hydroxyl groups excluding tert-OH is 1. The van der Waals surface area contributed by atoms with Gasteiger partial charge in [0.15, 0.2) is 5.76 Å². The summed E-state index contributed by atoms with van der Waals surface area (Å²) in [4.78, 5) is 13.4. The minimum Gasteiger partial charge on any atom is -0.506 e. The molecule has 1 aliphatic carbocycles. The van der Waals surface area contributed by atoms with E-state index in [1.807, 2.05) is 0 Å². The lowest BCUT2D eigenvalue weighted by Crippen LogP contribution is -1.98. The lowest BCUT2D eigenvalue weighted by atomic mass is 10.0. The Bertz CT molecular complexity index is 637. The van der Waals surface area contributed by atoms with Crippen LogP contribution in [-0.2, 0) is 16.1 Å². The van der Waals surface area contributed by atoms with Gasteiger partial charge in [0.05, 0.1) is 24.6 Å². The third-order valence-corrected chi connectivity index (χ3v) is 3.95. The van der Waals surface area contributed by atoms with Crippen LogP contribution >= 0.6 is 0 Å². The van der Waals surface area contributed by atoms with E-state index in [0.29, 0.717) is 29.2 Å². The molecule has 2 aromatic rings. The van der Waals surface area contributed by atoms with Crippen molar-refractivity contribution in [3.8, 4) is 17.2 Å².